The van der Waals surface area contributed by atoms with Crippen LogP contribution in [0.25, 0.3) is 0 Å². The predicted octanol–water partition coefficient (Wildman–Crippen LogP) is 1.52. The van der Waals surface area contributed by atoms with Gasteiger partial charge in [0, 0.05) is 0 Å². The lowest BCUT2D eigenvalue weighted by molar-refractivity contribution is -0.157. The zero-order chi connectivity index (χ0) is 9.62. The van der Waals surface area contributed by atoms with Crippen LogP contribution in [-0.4, -0.2) is 17.3 Å². The van der Waals surface area contributed by atoms with Gasteiger partial charge in [-0.15, -0.1) is 0 Å². The molecule has 0 heterocycles. The average molecular weight is 171 g/mol. The van der Waals surface area contributed by atoms with Crippen LogP contribution in [0.15, 0.2) is 0 Å². The van der Waals surface area contributed by atoms with E-state index in [9.17, 15) is 5.11 Å². The Bertz CT molecular complexity index is 171. The van der Waals surface area contributed by atoms with E-state index in [1.807, 2.05) is 6.92 Å². The summed E-state index contributed by atoms with van der Waals surface area (Å²) in [5, 5.41) is 9.69. The summed E-state index contributed by atoms with van der Waals surface area (Å²) in [5.74, 6) is 0. The van der Waals surface area contributed by atoms with Crippen LogP contribution in [0.1, 0.15) is 40.5 Å². The van der Waals surface area contributed by atoms with Crippen molar-refractivity contribution >= 4 is 0 Å². The molecule has 12 heavy (non-hydrogen) atoms. The number of hydrogen-bond acceptors (Lipinski definition) is 2. The summed E-state index contributed by atoms with van der Waals surface area (Å²) in [7, 11) is 0. The van der Waals surface area contributed by atoms with Crippen molar-refractivity contribution in [3.8, 4) is 0 Å². The van der Waals surface area contributed by atoms with Gasteiger partial charge in [-0.2, -0.15) is 0 Å². The molecule has 0 unspecified atom stereocenters. The highest BCUT2D eigenvalue weighted by molar-refractivity contribution is 5.07. The van der Waals surface area contributed by atoms with Crippen molar-refractivity contribution in [3.05, 3.63) is 0 Å². The third-order valence-corrected chi connectivity index (χ3v) is 3.42. The molecule has 72 valence electrons. The van der Waals surface area contributed by atoms with E-state index in [4.69, 9.17) is 5.73 Å². The maximum atomic E-state index is 9.69. The topological polar surface area (TPSA) is 46.2 Å². The molecule has 1 aliphatic carbocycles. The van der Waals surface area contributed by atoms with Crippen LogP contribution >= 0.6 is 0 Å². The molecule has 0 aromatic rings. The molecule has 1 rings (SSSR count). The van der Waals surface area contributed by atoms with E-state index in [-0.39, 0.29) is 10.8 Å². The van der Waals surface area contributed by atoms with Crippen molar-refractivity contribution in [1.82, 2.24) is 0 Å². The summed E-state index contributed by atoms with van der Waals surface area (Å²) >= 11 is 0. The molecule has 0 aliphatic heterocycles. The second-order valence-electron chi connectivity index (χ2n) is 5.58. The van der Waals surface area contributed by atoms with Gasteiger partial charge in [0.05, 0.1) is 5.60 Å². The van der Waals surface area contributed by atoms with E-state index in [1.165, 1.54) is 0 Å². The summed E-state index contributed by atoms with van der Waals surface area (Å²) in [4.78, 5) is 0. The quantitative estimate of drug-likeness (QED) is 0.628. The van der Waals surface area contributed by atoms with Gasteiger partial charge in [0.15, 0.2) is 0 Å². The molecule has 0 radical (unpaired) electrons. The zero-order valence-electron chi connectivity index (χ0n) is 8.65. The van der Waals surface area contributed by atoms with E-state index in [0.29, 0.717) is 6.54 Å². The molecular weight excluding hydrogens is 150 g/mol. The van der Waals surface area contributed by atoms with Crippen LogP contribution in [0.4, 0.5) is 0 Å². The van der Waals surface area contributed by atoms with Gasteiger partial charge in [-0.25, -0.2) is 0 Å². The number of aliphatic hydroxyl groups is 1. The Morgan fingerprint density at radius 1 is 1.33 bits per heavy atom. The monoisotopic (exact) mass is 171 g/mol. The minimum Gasteiger partial charge on any atom is -0.390 e. The first kappa shape index (κ1) is 10.0. The Balaban J connectivity index is 2.72. The SMILES string of the molecule is CC1(O)CC(CN)(C(C)(C)C)C1. The Morgan fingerprint density at radius 3 is 1.83 bits per heavy atom. The normalized spacial score (nSPS) is 42.5. The number of hydrogen-bond donors (Lipinski definition) is 2. The molecule has 0 spiro atoms. The molecule has 0 bridgehead atoms. The van der Waals surface area contributed by atoms with E-state index < -0.39 is 5.60 Å². The molecule has 0 atom stereocenters. The first-order valence-corrected chi connectivity index (χ1v) is 4.65. The van der Waals surface area contributed by atoms with E-state index in [1.54, 1.807) is 0 Å². The fourth-order valence-electron chi connectivity index (χ4n) is 2.39. The van der Waals surface area contributed by atoms with Crippen molar-refractivity contribution in [2.75, 3.05) is 6.54 Å². The van der Waals surface area contributed by atoms with Crippen LogP contribution in [-0.2, 0) is 0 Å². The van der Waals surface area contributed by atoms with Crippen LogP contribution in [0.3, 0.4) is 0 Å². The van der Waals surface area contributed by atoms with Crippen LogP contribution < -0.4 is 5.73 Å². The van der Waals surface area contributed by atoms with Crippen molar-refractivity contribution in [3.63, 3.8) is 0 Å². The first-order chi connectivity index (χ1) is 5.22. The van der Waals surface area contributed by atoms with Gasteiger partial charge < -0.3 is 10.8 Å². The third kappa shape index (κ3) is 1.38. The second kappa shape index (κ2) is 2.46. The van der Waals surface area contributed by atoms with Crippen molar-refractivity contribution in [2.24, 2.45) is 16.6 Å². The molecule has 2 heteroatoms. The smallest absolute Gasteiger partial charge is 0.0631 e. The van der Waals surface area contributed by atoms with Gasteiger partial charge in [0.2, 0.25) is 0 Å². The zero-order valence-corrected chi connectivity index (χ0v) is 8.65. The van der Waals surface area contributed by atoms with E-state index in [2.05, 4.69) is 20.8 Å². The molecule has 3 N–H and O–H groups in total. The molecular formula is C10H21NO. The van der Waals surface area contributed by atoms with Crippen LogP contribution in [0, 0.1) is 10.8 Å². The first-order valence-electron chi connectivity index (χ1n) is 4.65. The lowest BCUT2D eigenvalue weighted by Gasteiger charge is -2.58. The van der Waals surface area contributed by atoms with Crippen molar-refractivity contribution < 1.29 is 5.11 Å². The Morgan fingerprint density at radius 2 is 1.75 bits per heavy atom. The van der Waals surface area contributed by atoms with Gasteiger partial charge in [-0.05, 0) is 37.1 Å². The lowest BCUT2D eigenvalue weighted by Crippen LogP contribution is -2.59. The van der Waals surface area contributed by atoms with Crippen LogP contribution in [0.2, 0.25) is 0 Å². The van der Waals surface area contributed by atoms with E-state index >= 15 is 0 Å². The second-order valence-corrected chi connectivity index (χ2v) is 5.58. The van der Waals surface area contributed by atoms with E-state index in [0.717, 1.165) is 12.8 Å². The maximum absolute atomic E-state index is 9.69. The summed E-state index contributed by atoms with van der Waals surface area (Å²) in [6.07, 6.45) is 1.69. The third-order valence-electron chi connectivity index (χ3n) is 3.42. The van der Waals surface area contributed by atoms with Crippen molar-refractivity contribution in [2.45, 2.75) is 46.1 Å². The molecule has 1 saturated carbocycles. The fourth-order valence-corrected chi connectivity index (χ4v) is 2.39. The number of nitrogens with two attached hydrogens (primary N) is 1. The van der Waals surface area contributed by atoms with Gasteiger partial charge in [0.25, 0.3) is 0 Å². The summed E-state index contributed by atoms with van der Waals surface area (Å²) in [6, 6.07) is 0. The highest BCUT2D eigenvalue weighted by Gasteiger charge is 2.55. The molecule has 1 aliphatic rings. The minimum absolute atomic E-state index is 0.163. The average Bonchev–Trinajstić information content (AvgIpc) is 1.78. The summed E-state index contributed by atoms with van der Waals surface area (Å²) < 4.78 is 0. The molecule has 0 saturated heterocycles. The van der Waals surface area contributed by atoms with Crippen LogP contribution in [0.5, 0.6) is 0 Å². The molecule has 2 nitrogen and oxygen atoms in total. The summed E-state index contributed by atoms with van der Waals surface area (Å²) in [6.45, 7) is 9.19. The highest BCUT2D eigenvalue weighted by atomic mass is 16.3. The molecule has 1 fully saturated rings. The van der Waals surface area contributed by atoms with Gasteiger partial charge >= 0.3 is 0 Å². The Hall–Kier alpha value is -0.0800. The Labute approximate surface area is 75.2 Å². The standard InChI is InChI=1S/C10H21NO/c1-8(2,3)10(7-11)5-9(4,12)6-10/h12H,5-7,11H2,1-4H3. The number of rotatable bonds is 1. The van der Waals surface area contributed by atoms with Gasteiger partial charge in [-0.3, -0.25) is 0 Å². The van der Waals surface area contributed by atoms with Gasteiger partial charge in [0.1, 0.15) is 0 Å². The van der Waals surface area contributed by atoms with Crippen molar-refractivity contribution in [1.29, 1.82) is 0 Å². The molecule has 0 amide bonds. The Kier molecular flexibility index (Phi) is 2.05. The van der Waals surface area contributed by atoms with Gasteiger partial charge in [-0.1, -0.05) is 20.8 Å². The molecule has 0 aromatic heterocycles. The highest BCUT2D eigenvalue weighted by Crippen LogP contribution is 2.57. The fraction of sp³-hybridized carbons (Fsp3) is 1.00. The summed E-state index contributed by atoms with van der Waals surface area (Å²) in [5.41, 5.74) is 5.67. The minimum atomic E-state index is -0.466. The molecule has 0 aromatic carbocycles. The maximum Gasteiger partial charge on any atom is 0.0631 e. The predicted molar refractivity (Wildman–Crippen MR) is 50.8 cm³/mol. The lowest BCUT2D eigenvalue weighted by atomic mass is 9.49. The largest absolute Gasteiger partial charge is 0.390 e.